The number of rotatable bonds is 2. The maximum atomic E-state index is 13.9. The van der Waals surface area contributed by atoms with Crippen LogP contribution in [0.1, 0.15) is 29.4 Å². The van der Waals surface area contributed by atoms with Gasteiger partial charge in [-0.1, -0.05) is 19.1 Å². The zero-order valence-corrected chi connectivity index (χ0v) is 14.3. The Hall–Kier alpha value is -2.50. The van der Waals surface area contributed by atoms with Crippen molar-refractivity contribution in [3.05, 3.63) is 47.5 Å². The Labute approximate surface area is 146 Å². The number of piperazine rings is 1. The first-order valence-corrected chi connectivity index (χ1v) is 8.75. The minimum absolute atomic E-state index is 0.143. The van der Waals surface area contributed by atoms with E-state index < -0.39 is 0 Å². The Bertz CT molecular complexity index is 802. The maximum absolute atomic E-state index is 13.9. The molecule has 1 aromatic heterocycles. The smallest absolute Gasteiger partial charge is 0.225 e. The number of carbonyl (C=O) groups is 1. The predicted molar refractivity (Wildman–Crippen MR) is 94.7 cm³/mol. The first-order valence-electron chi connectivity index (χ1n) is 8.75. The lowest BCUT2D eigenvalue weighted by atomic mass is 9.88. The number of benzene rings is 1. The Balaban J connectivity index is 1.49. The monoisotopic (exact) mass is 340 g/mol. The van der Waals surface area contributed by atoms with Crippen molar-refractivity contribution in [3.63, 3.8) is 0 Å². The van der Waals surface area contributed by atoms with E-state index in [9.17, 15) is 9.18 Å². The molecule has 0 amide bonds. The summed E-state index contributed by atoms with van der Waals surface area (Å²) >= 11 is 0. The molecule has 1 atom stereocenters. The lowest BCUT2D eigenvalue weighted by molar-refractivity contribution is 0.0951. The quantitative estimate of drug-likeness (QED) is 0.841. The topological polar surface area (TPSA) is 49.3 Å². The van der Waals surface area contributed by atoms with Crippen LogP contribution in [0, 0.1) is 11.7 Å². The summed E-state index contributed by atoms with van der Waals surface area (Å²) < 4.78 is 13.9. The standard InChI is InChI=1S/C19H21FN4O/c1-13-10-16-14(18(25)11-13)12-21-19(22-16)24-8-6-23(7-9-24)17-5-3-2-4-15(17)20/h2-5,12-13H,6-11H2,1H3. The maximum Gasteiger partial charge on any atom is 0.225 e. The molecule has 1 aliphatic heterocycles. The van der Waals surface area contributed by atoms with E-state index in [4.69, 9.17) is 0 Å². The highest BCUT2D eigenvalue weighted by molar-refractivity contribution is 5.98. The van der Waals surface area contributed by atoms with Crippen molar-refractivity contribution in [1.29, 1.82) is 0 Å². The molecule has 0 saturated carbocycles. The molecular formula is C19H21FN4O. The highest BCUT2D eigenvalue weighted by Gasteiger charge is 2.26. The highest BCUT2D eigenvalue weighted by Crippen LogP contribution is 2.26. The molecule has 2 aliphatic rings. The van der Waals surface area contributed by atoms with E-state index in [1.807, 2.05) is 12.1 Å². The molecule has 0 bridgehead atoms. The van der Waals surface area contributed by atoms with Crippen molar-refractivity contribution < 1.29 is 9.18 Å². The molecule has 25 heavy (non-hydrogen) atoms. The van der Waals surface area contributed by atoms with E-state index in [1.54, 1.807) is 12.3 Å². The summed E-state index contributed by atoms with van der Waals surface area (Å²) in [5.74, 6) is 0.965. The van der Waals surface area contributed by atoms with Crippen molar-refractivity contribution in [2.45, 2.75) is 19.8 Å². The van der Waals surface area contributed by atoms with E-state index >= 15 is 0 Å². The van der Waals surface area contributed by atoms with Crippen LogP contribution in [-0.2, 0) is 6.42 Å². The van der Waals surface area contributed by atoms with Crippen LogP contribution < -0.4 is 9.80 Å². The lowest BCUT2D eigenvalue weighted by Gasteiger charge is -2.36. The van der Waals surface area contributed by atoms with E-state index in [0.717, 1.165) is 38.3 Å². The molecule has 1 unspecified atom stereocenters. The van der Waals surface area contributed by atoms with Gasteiger partial charge in [-0.05, 0) is 24.5 Å². The largest absolute Gasteiger partial charge is 0.366 e. The second-order valence-corrected chi connectivity index (χ2v) is 6.89. The number of hydrogen-bond acceptors (Lipinski definition) is 5. The number of halogens is 1. The summed E-state index contributed by atoms with van der Waals surface area (Å²) in [4.78, 5) is 25.3. The average molecular weight is 340 g/mol. The van der Waals surface area contributed by atoms with Gasteiger partial charge in [0.25, 0.3) is 0 Å². The van der Waals surface area contributed by atoms with E-state index in [0.29, 0.717) is 29.5 Å². The lowest BCUT2D eigenvalue weighted by Crippen LogP contribution is -2.47. The van der Waals surface area contributed by atoms with Crippen LogP contribution in [0.2, 0.25) is 0 Å². The van der Waals surface area contributed by atoms with Crippen LogP contribution in [0.15, 0.2) is 30.5 Å². The molecule has 1 aromatic carbocycles. The first-order chi connectivity index (χ1) is 12.1. The number of anilines is 2. The molecule has 6 heteroatoms. The van der Waals surface area contributed by atoms with Crippen LogP contribution in [0.25, 0.3) is 0 Å². The second-order valence-electron chi connectivity index (χ2n) is 6.89. The molecule has 130 valence electrons. The van der Waals surface area contributed by atoms with Crippen molar-refractivity contribution in [2.24, 2.45) is 5.92 Å². The molecule has 0 N–H and O–H groups in total. The third kappa shape index (κ3) is 3.08. The fourth-order valence-electron chi connectivity index (χ4n) is 3.63. The van der Waals surface area contributed by atoms with Gasteiger partial charge in [0.05, 0.1) is 16.9 Å². The molecular weight excluding hydrogens is 319 g/mol. The van der Waals surface area contributed by atoms with Gasteiger partial charge in [0.1, 0.15) is 5.82 Å². The molecule has 0 radical (unpaired) electrons. The zero-order valence-electron chi connectivity index (χ0n) is 14.3. The van der Waals surface area contributed by atoms with Gasteiger partial charge in [-0.2, -0.15) is 0 Å². The predicted octanol–water partition coefficient (Wildman–Crippen LogP) is 2.71. The number of carbonyl (C=O) groups excluding carboxylic acids is 1. The van der Waals surface area contributed by atoms with Crippen molar-refractivity contribution >= 4 is 17.4 Å². The number of hydrogen-bond donors (Lipinski definition) is 0. The molecule has 1 saturated heterocycles. The number of para-hydroxylation sites is 1. The SMILES string of the molecule is CC1CC(=O)c2cnc(N3CCN(c4ccccc4F)CC3)nc2C1. The average Bonchev–Trinajstić information content (AvgIpc) is 2.62. The number of ketones is 1. The molecule has 2 aromatic rings. The van der Waals surface area contributed by atoms with Crippen molar-refractivity contribution in [3.8, 4) is 0 Å². The molecule has 2 heterocycles. The summed E-state index contributed by atoms with van der Waals surface area (Å²) in [6.07, 6.45) is 3.08. The van der Waals surface area contributed by atoms with Gasteiger partial charge in [0, 0.05) is 38.8 Å². The van der Waals surface area contributed by atoms with E-state index in [-0.39, 0.29) is 11.6 Å². The number of nitrogens with zero attached hydrogens (tertiary/aromatic N) is 4. The van der Waals surface area contributed by atoms with Crippen LogP contribution >= 0.6 is 0 Å². The van der Waals surface area contributed by atoms with Gasteiger partial charge < -0.3 is 9.80 Å². The minimum Gasteiger partial charge on any atom is -0.366 e. The van der Waals surface area contributed by atoms with Crippen molar-refractivity contribution in [1.82, 2.24) is 9.97 Å². The second kappa shape index (κ2) is 6.43. The Morgan fingerprint density at radius 2 is 1.80 bits per heavy atom. The molecule has 0 spiro atoms. The van der Waals surface area contributed by atoms with Crippen molar-refractivity contribution in [2.75, 3.05) is 36.0 Å². The van der Waals surface area contributed by atoms with E-state index in [1.165, 1.54) is 6.07 Å². The third-order valence-electron chi connectivity index (χ3n) is 4.99. The van der Waals surface area contributed by atoms with Gasteiger partial charge in [-0.15, -0.1) is 0 Å². The normalized spacial score (nSPS) is 20.6. The van der Waals surface area contributed by atoms with Crippen LogP contribution in [0.5, 0.6) is 0 Å². The van der Waals surface area contributed by atoms with Gasteiger partial charge >= 0.3 is 0 Å². The van der Waals surface area contributed by atoms with Gasteiger partial charge in [-0.25, -0.2) is 14.4 Å². The Morgan fingerprint density at radius 1 is 1.08 bits per heavy atom. The van der Waals surface area contributed by atoms with E-state index in [2.05, 4.69) is 26.7 Å². The molecule has 1 aliphatic carbocycles. The summed E-state index contributed by atoms with van der Waals surface area (Å²) in [5.41, 5.74) is 2.19. The fraction of sp³-hybridized carbons (Fsp3) is 0.421. The Kier molecular flexibility index (Phi) is 4.11. The van der Waals surface area contributed by atoms with Gasteiger partial charge in [0.2, 0.25) is 5.95 Å². The first kappa shape index (κ1) is 16.0. The summed E-state index contributed by atoms with van der Waals surface area (Å²) in [6, 6.07) is 6.87. The minimum atomic E-state index is -0.187. The molecule has 4 rings (SSSR count). The number of aromatic nitrogens is 2. The fourth-order valence-corrected chi connectivity index (χ4v) is 3.63. The van der Waals surface area contributed by atoms with Gasteiger partial charge in [-0.3, -0.25) is 4.79 Å². The number of fused-ring (bicyclic) bond motifs is 1. The molecule has 5 nitrogen and oxygen atoms in total. The zero-order chi connectivity index (χ0) is 17.4. The van der Waals surface area contributed by atoms with Gasteiger partial charge in [0.15, 0.2) is 5.78 Å². The number of Topliss-reactive ketones (excluding diaryl/α,β-unsaturated/α-hetero) is 1. The summed E-state index contributed by atoms with van der Waals surface area (Å²) in [6.45, 7) is 4.98. The summed E-state index contributed by atoms with van der Waals surface area (Å²) in [5, 5.41) is 0. The van der Waals surface area contributed by atoms with Crippen LogP contribution in [0.3, 0.4) is 0 Å². The highest BCUT2D eigenvalue weighted by atomic mass is 19.1. The van der Waals surface area contributed by atoms with Crippen LogP contribution in [-0.4, -0.2) is 41.9 Å². The van der Waals surface area contributed by atoms with Crippen LogP contribution in [0.4, 0.5) is 16.0 Å². The summed E-state index contributed by atoms with van der Waals surface area (Å²) in [7, 11) is 0. The molecule has 1 fully saturated rings. The third-order valence-corrected chi connectivity index (χ3v) is 4.99. The Morgan fingerprint density at radius 3 is 2.56 bits per heavy atom.